The molecule has 0 unspecified atom stereocenters. The van der Waals surface area contributed by atoms with Crippen LogP contribution >= 0.6 is 0 Å². The molecule has 3 rings (SSSR count). The lowest BCUT2D eigenvalue weighted by atomic mass is 9.76. The van der Waals surface area contributed by atoms with Gasteiger partial charge >= 0.3 is 0 Å². The van der Waals surface area contributed by atoms with Crippen molar-refractivity contribution in [3.05, 3.63) is 52.8 Å². The van der Waals surface area contributed by atoms with Gasteiger partial charge in [0.05, 0.1) is 0 Å². The number of ketones is 1. The van der Waals surface area contributed by atoms with Crippen molar-refractivity contribution in [2.24, 2.45) is 5.41 Å². The maximum Gasteiger partial charge on any atom is 0.165 e. The van der Waals surface area contributed by atoms with Gasteiger partial charge in [0.2, 0.25) is 0 Å². The smallest absolute Gasteiger partial charge is 0.165 e. The first kappa shape index (κ1) is 13.2. The molecule has 0 radical (unpaired) electrons. The minimum absolute atomic E-state index is 0.0555. The maximum absolute atomic E-state index is 12.3. The van der Waals surface area contributed by atoms with Crippen LogP contribution in [0.5, 0.6) is 0 Å². The van der Waals surface area contributed by atoms with Crippen molar-refractivity contribution < 1.29 is 4.79 Å². The lowest BCUT2D eigenvalue weighted by molar-refractivity contribution is 0.0911. The van der Waals surface area contributed by atoms with Gasteiger partial charge in [0.1, 0.15) is 0 Å². The van der Waals surface area contributed by atoms with Gasteiger partial charge in [-0.1, -0.05) is 19.9 Å². The summed E-state index contributed by atoms with van der Waals surface area (Å²) in [6, 6.07) is 8.45. The molecule has 2 heteroatoms. The fraction of sp³-hybridized carbons (Fsp3) is 0.389. The number of hydrogen-bond donors (Lipinski definition) is 0. The van der Waals surface area contributed by atoms with Crippen LogP contribution in [0.2, 0.25) is 0 Å². The highest BCUT2D eigenvalue weighted by molar-refractivity contribution is 5.99. The van der Waals surface area contributed by atoms with Gasteiger partial charge in [-0.05, 0) is 55.0 Å². The second-order valence-corrected chi connectivity index (χ2v) is 6.76. The molecule has 0 bridgehead atoms. The molecule has 0 fully saturated rings. The quantitative estimate of drug-likeness (QED) is 0.757. The van der Waals surface area contributed by atoms with Crippen LogP contribution in [0.15, 0.2) is 30.5 Å². The average Bonchev–Trinajstić information content (AvgIpc) is 2.75. The molecule has 0 atom stereocenters. The maximum atomic E-state index is 12.3. The molecule has 1 heterocycles. The SMILES string of the molecule is Cc1ccc(-n2ccc3c2CC(C)(C)CC3=O)cc1C. The third kappa shape index (κ3) is 2.09. The molecule has 0 spiro atoms. The Morgan fingerprint density at radius 3 is 2.50 bits per heavy atom. The van der Waals surface area contributed by atoms with E-state index in [1.54, 1.807) is 0 Å². The largest absolute Gasteiger partial charge is 0.320 e. The van der Waals surface area contributed by atoms with E-state index >= 15 is 0 Å². The van der Waals surface area contributed by atoms with Crippen LogP contribution in [0.25, 0.3) is 5.69 Å². The lowest BCUT2D eigenvalue weighted by Gasteiger charge is -2.29. The van der Waals surface area contributed by atoms with Gasteiger partial charge in [-0.15, -0.1) is 0 Å². The number of aryl methyl sites for hydroxylation is 2. The molecule has 1 aromatic carbocycles. The van der Waals surface area contributed by atoms with Crippen LogP contribution in [0.1, 0.15) is 47.4 Å². The number of fused-ring (bicyclic) bond motifs is 1. The van der Waals surface area contributed by atoms with Crippen LogP contribution in [0.4, 0.5) is 0 Å². The zero-order valence-electron chi connectivity index (χ0n) is 12.7. The van der Waals surface area contributed by atoms with E-state index in [1.165, 1.54) is 11.1 Å². The van der Waals surface area contributed by atoms with Gasteiger partial charge < -0.3 is 4.57 Å². The Balaban J connectivity index is 2.13. The molecular formula is C18H21NO. The predicted molar refractivity (Wildman–Crippen MR) is 81.7 cm³/mol. The Bertz CT molecular complexity index is 691. The fourth-order valence-corrected chi connectivity index (χ4v) is 3.06. The van der Waals surface area contributed by atoms with E-state index in [0.29, 0.717) is 6.42 Å². The standard InChI is InChI=1S/C18H21NO/c1-12-5-6-14(9-13(12)2)19-8-7-15-16(19)10-18(3,4)11-17(15)20/h5-9H,10-11H2,1-4H3. The number of aromatic nitrogens is 1. The van der Waals surface area contributed by atoms with Gasteiger partial charge in [-0.2, -0.15) is 0 Å². The van der Waals surface area contributed by atoms with Crippen LogP contribution in [0, 0.1) is 19.3 Å². The highest BCUT2D eigenvalue weighted by Gasteiger charge is 2.33. The van der Waals surface area contributed by atoms with E-state index in [2.05, 4.69) is 50.5 Å². The molecule has 0 saturated carbocycles. The Labute approximate surface area is 120 Å². The molecule has 20 heavy (non-hydrogen) atoms. The monoisotopic (exact) mass is 267 g/mol. The van der Waals surface area contributed by atoms with Crippen molar-refractivity contribution in [3.63, 3.8) is 0 Å². The lowest BCUT2D eigenvalue weighted by Crippen LogP contribution is -2.27. The molecule has 1 aliphatic carbocycles. The second-order valence-electron chi connectivity index (χ2n) is 6.76. The first-order valence-electron chi connectivity index (χ1n) is 7.18. The normalized spacial score (nSPS) is 17.1. The van der Waals surface area contributed by atoms with Crippen molar-refractivity contribution in [1.82, 2.24) is 4.57 Å². The average molecular weight is 267 g/mol. The molecule has 2 nitrogen and oxygen atoms in total. The topological polar surface area (TPSA) is 22.0 Å². The summed E-state index contributed by atoms with van der Waals surface area (Å²) in [5, 5.41) is 0. The van der Waals surface area contributed by atoms with Gasteiger partial charge in [0.15, 0.2) is 5.78 Å². The molecule has 0 aliphatic heterocycles. The van der Waals surface area contributed by atoms with E-state index in [4.69, 9.17) is 0 Å². The van der Waals surface area contributed by atoms with Crippen LogP contribution in [0.3, 0.4) is 0 Å². The summed E-state index contributed by atoms with van der Waals surface area (Å²) in [5.74, 6) is 0.277. The Morgan fingerprint density at radius 1 is 1.05 bits per heavy atom. The zero-order chi connectivity index (χ0) is 14.5. The highest BCUT2D eigenvalue weighted by Crippen LogP contribution is 2.36. The summed E-state index contributed by atoms with van der Waals surface area (Å²) in [6.45, 7) is 8.60. The second kappa shape index (κ2) is 4.34. The number of nitrogens with zero attached hydrogens (tertiary/aromatic N) is 1. The van der Waals surface area contributed by atoms with E-state index in [9.17, 15) is 4.79 Å². The van der Waals surface area contributed by atoms with E-state index in [1.807, 2.05) is 12.3 Å². The first-order chi connectivity index (χ1) is 9.37. The minimum Gasteiger partial charge on any atom is -0.320 e. The van der Waals surface area contributed by atoms with Crippen molar-refractivity contribution >= 4 is 5.78 Å². The highest BCUT2D eigenvalue weighted by atomic mass is 16.1. The molecule has 0 amide bonds. The third-order valence-corrected chi connectivity index (χ3v) is 4.35. The van der Waals surface area contributed by atoms with E-state index in [-0.39, 0.29) is 11.2 Å². The number of carbonyl (C=O) groups is 1. The minimum atomic E-state index is 0.0555. The van der Waals surface area contributed by atoms with Gasteiger partial charge in [0, 0.05) is 29.6 Å². The van der Waals surface area contributed by atoms with Crippen molar-refractivity contribution in [2.75, 3.05) is 0 Å². The molecule has 0 saturated heterocycles. The Kier molecular flexibility index (Phi) is 2.86. The van der Waals surface area contributed by atoms with E-state index < -0.39 is 0 Å². The summed E-state index contributed by atoms with van der Waals surface area (Å²) in [4.78, 5) is 12.3. The van der Waals surface area contributed by atoms with Gasteiger partial charge in [0.25, 0.3) is 0 Å². The van der Waals surface area contributed by atoms with Crippen molar-refractivity contribution in [2.45, 2.75) is 40.5 Å². The predicted octanol–water partition coefficient (Wildman–Crippen LogP) is 4.25. The number of benzene rings is 1. The van der Waals surface area contributed by atoms with Gasteiger partial charge in [-0.3, -0.25) is 4.79 Å². The van der Waals surface area contributed by atoms with Crippen LogP contribution in [-0.2, 0) is 6.42 Å². The first-order valence-corrected chi connectivity index (χ1v) is 7.18. The van der Waals surface area contributed by atoms with Crippen molar-refractivity contribution in [1.29, 1.82) is 0 Å². The van der Waals surface area contributed by atoms with Gasteiger partial charge in [-0.25, -0.2) is 0 Å². The van der Waals surface area contributed by atoms with Crippen molar-refractivity contribution in [3.8, 4) is 5.69 Å². The summed E-state index contributed by atoms with van der Waals surface area (Å²) < 4.78 is 2.18. The zero-order valence-corrected chi connectivity index (χ0v) is 12.7. The molecule has 0 N–H and O–H groups in total. The molecule has 1 aliphatic rings. The Morgan fingerprint density at radius 2 is 1.80 bits per heavy atom. The summed E-state index contributed by atoms with van der Waals surface area (Å²) in [6.07, 6.45) is 3.64. The third-order valence-electron chi connectivity index (χ3n) is 4.35. The van der Waals surface area contributed by atoms with E-state index in [0.717, 1.165) is 23.4 Å². The van der Waals surface area contributed by atoms with Crippen LogP contribution < -0.4 is 0 Å². The molecular weight excluding hydrogens is 246 g/mol. The molecule has 1 aromatic heterocycles. The number of rotatable bonds is 1. The summed E-state index contributed by atoms with van der Waals surface area (Å²) in [7, 11) is 0. The fourth-order valence-electron chi connectivity index (χ4n) is 3.06. The molecule has 2 aromatic rings. The molecule has 104 valence electrons. The number of Topliss-reactive ketones (excluding diaryl/α,β-unsaturated/α-hetero) is 1. The number of carbonyl (C=O) groups excluding carboxylic acids is 1. The summed E-state index contributed by atoms with van der Waals surface area (Å²) in [5.41, 5.74) is 5.86. The summed E-state index contributed by atoms with van der Waals surface area (Å²) >= 11 is 0. The Hall–Kier alpha value is -1.83. The number of hydrogen-bond acceptors (Lipinski definition) is 1. The van der Waals surface area contributed by atoms with Crippen LogP contribution in [-0.4, -0.2) is 10.4 Å².